The molecule has 2 atom stereocenters. The number of piperidine rings is 1. The summed E-state index contributed by atoms with van der Waals surface area (Å²) in [6.45, 7) is 11.3. The number of hydrogen-bond donors (Lipinski definition) is 1. The molecule has 1 N–H and O–H groups in total. The maximum atomic E-state index is 12.3. The van der Waals surface area contributed by atoms with Crippen LogP contribution in [0.15, 0.2) is 0 Å². The Morgan fingerprint density at radius 3 is 2.12 bits per heavy atom. The van der Waals surface area contributed by atoms with Crippen molar-refractivity contribution < 1.29 is 8.42 Å². The largest absolute Gasteiger partial charge is 0.279 e. The molecule has 5 heteroatoms. The van der Waals surface area contributed by atoms with Crippen LogP contribution >= 0.6 is 0 Å². The van der Waals surface area contributed by atoms with E-state index in [1.54, 1.807) is 4.31 Å². The maximum Gasteiger partial charge on any atom is 0.279 e. The van der Waals surface area contributed by atoms with Crippen LogP contribution in [0.2, 0.25) is 0 Å². The molecule has 0 amide bonds. The number of nitrogens with zero attached hydrogens (tertiary/aromatic N) is 1. The van der Waals surface area contributed by atoms with E-state index in [0.717, 1.165) is 12.8 Å². The normalized spacial score (nSPS) is 28.3. The summed E-state index contributed by atoms with van der Waals surface area (Å²) in [6.07, 6.45) is 1.90. The lowest BCUT2D eigenvalue weighted by Gasteiger charge is -2.36. The minimum atomic E-state index is -3.34. The van der Waals surface area contributed by atoms with Gasteiger partial charge in [0, 0.05) is 18.6 Å². The van der Waals surface area contributed by atoms with Crippen LogP contribution in [0.4, 0.5) is 0 Å². The molecule has 2 unspecified atom stereocenters. The fraction of sp³-hybridized carbons (Fsp3) is 1.00. The first kappa shape index (κ1) is 14.9. The lowest BCUT2D eigenvalue weighted by atomic mass is 9.94. The second kappa shape index (κ2) is 5.24. The molecule has 0 aromatic heterocycles. The van der Waals surface area contributed by atoms with Crippen LogP contribution < -0.4 is 4.72 Å². The molecule has 102 valence electrons. The zero-order chi connectivity index (χ0) is 13.3. The van der Waals surface area contributed by atoms with Crippen molar-refractivity contribution in [2.45, 2.75) is 53.0 Å². The molecular formula is C12H26N2O2S. The lowest BCUT2D eigenvalue weighted by molar-refractivity contribution is 0.217. The summed E-state index contributed by atoms with van der Waals surface area (Å²) in [6, 6.07) is 0. The van der Waals surface area contributed by atoms with Gasteiger partial charge in [-0.3, -0.25) is 0 Å². The Kier molecular flexibility index (Phi) is 4.60. The molecule has 0 aromatic carbocycles. The molecule has 0 aromatic rings. The first-order valence-corrected chi connectivity index (χ1v) is 7.89. The Bertz CT molecular complexity index is 342. The summed E-state index contributed by atoms with van der Waals surface area (Å²) in [4.78, 5) is 0. The number of rotatable bonds is 4. The molecule has 0 saturated carbocycles. The minimum absolute atomic E-state index is 0.372. The third kappa shape index (κ3) is 4.23. The van der Waals surface area contributed by atoms with E-state index in [2.05, 4.69) is 18.6 Å². The van der Waals surface area contributed by atoms with Gasteiger partial charge in [0.1, 0.15) is 0 Å². The molecule has 0 spiro atoms. The molecule has 0 bridgehead atoms. The van der Waals surface area contributed by atoms with E-state index in [4.69, 9.17) is 0 Å². The van der Waals surface area contributed by atoms with E-state index in [0.29, 0.717) is 24.9 Å². The van der Waals surface area contributed by atoms with E-state index in [1.165, 1.54) is 0 Å². The second-order valence-electron chi connectivity index (χ2n) is 6.11. The van der Waals surface area contributed by atoms with Crippen molar-refractivity contribution in [3.05, 3.63) is 0 Å². The highest BCUT2D eigenvalue weighted by molar-refractivity contribution is 7.87. The van der Waals surface area contributed by atoms with Gasteiger partial charge in [-0.2, -0.15) is 17.4 Å². The third-order valence-corrected chi connectivity index (χ3v) is 5.25. The fourth-order valence-electron chi connectivity index (χ4n) is 2.29. The quantitative estimate of drug-likeness (QED) is 0.842. The van der Waals surface area contributed by atoms with Gasteiger partial charge in [-0.25, -0.2) is 0 Å². The van der Waals surface area contributed by atoms with Gasteiger partial charge in [-0.15, -0.1) is 0 Å². The summed E-state index contributed by atoms with van der Waals surface area (Å²) < 4.78 is 28.9. The predicted molar refractivity (Wildman–Crippen MR) is 70.9 cm³/mol. The highest BCUT2D eigenvalue weighted by Crippen LogP contribution is 2.23. The second-order valence-corrected chi connectivity index (χ2v) is 7.78. The Morgan fingerprint density at radius 1 is 1.24 bits per heavy atom. The van der Waals surface area contributed by atoms with Gasteiger partial charge < -0.3 is 0 Å². The van der Waals surface area contributed by atoms with Gasteiger partial charge in [0.05, 0.1) is 0 Å². The topological polar surface area (TPSA) is 49.4 Å². The Hall–Kier alpha value is -0.130. The molecular weight excluding hydrogens is 236 g/mol. The molecule has 1 heterocycles. The van der Waals surface area contributed by atoms with Crippen LogP contribution in [0, 0.1) is 11.8 Å². The van der Waals surface area contributed by atoms with Crippen molar-refractivity contribution >= 4 is 10.2 Å². The molecule has 4 nitrogen and oxygen atoms in total. The highest BCUT2D eigenvalue weighted by Gasteiger charge is 2.33. The molecule has 0 aliphatic carbocycles. The molecule has 1 aliphatic rings. The minimum Gasteiger partial charge on any atom is -0.197 e. The van der Waals surface area contributed by atoms with Crippen LogP contribution in [0.25, 0.3) is 0 Å². The van der Waals surface area contributed by atoms with Crippen LogP contribution in [0.1, 0.15) is 47.5 Å². The molecule has 1 saturated heterocycles. The summed E-state index contributed by atoms with van der Waals surface area (Å²) in [7, 11) is -3.34. The Morgan fingerprint density at radius 2 is 1.71 bits per heavy atom. The smallest absolute Gasteiger partial charge is 0.197 e. The summed E-state index contributed by atoms with van der Waals surface area (Å²) in [5.74, 6) is 0.889. The van der Waals surface area contributed by atoms with Gasteiger partial charge in [0.15, 0.2) is 0 Å². The van der Waals surface area contributed by atoms with Crippen molar-refractivity contribution in [3.63, 3.8) is 0 Å². The van der Waals surface area contributed by atoms with Gasteiger partial charge in [-0.05, 0) is 38.5 Å². The average Bonchev–Trinajstić information content (AvgIpc) is 2.14. The number of nitrogens with one attached hydrogen (secondary N) is 1. The zero-order valence-electron chi connectivity index (χ0n) is 11.7. The first-order valence-electron chi connectivity index (χ1n) is 6.45. The van der Waals surface area contributed by atoms with E-state index >= 15 is 0 Å². The Balaban J connectivity index is 2.76. The standard InChI is InChI=1S/C12H26N2O2S/c1-6-12(4,5)13-17(15,16)14-8-10(2)7-11(3)9-14/h10-11,13H,6-9H2,1-5H3. The van der Waals surface area contributed by atoms with Gasteiger partial charge in [-0.1, -0.05) is 20.8 Å². The third-order valence-electron chi connectivity index (χ3n) is 3.46. The lowest BCUT2D eigenvalue weighted by Crippen LogP contribution is -2.53. The summed E-state index contributed by atoms with van der Waals surface area (Å²) in [5, 5.41) is 0. The van der Waals surface area contributed by atoms with Crippen LogP contribution in [-0.4, -0.2) is 31.4 Å². The van der Waals surface area contributed by atoms with Crippen molar-refractivity contribution in [1.82, 2.24) is 9.03 Å². The van der Waals surface area contributed by atoms with Gasteiger partial charge in [0.25, 0.3) is 10.2 Å². The van der Waals surface area contributed by atoms with Crippen molar-refractivity contribution in [2.24, 2.45) is 11.8 Å². The average molecular weight is 262 g/mol. The van der Waals surface area contributed by atoms with Crippen LogP contribution in [-0.2, 0) is 10.2 Å². The molecule has 0 radical (unpaired) electrons. The fourth-order valence-corrected chi connectivity index (χ4v) is 4.16. The van der Waals surface area contributed by atoms with E-state index in [1.807, 2.05) is 20.8 Å². The maximum absolute atomic E-state index is 12.3. The zero-order valence-corrected chi connectivity index (χ0v) is 12.5. The van der Waals surface area contributed by atoms with E-state index < -0.39 is 10.2 Å². The molecule has 1 aliphatic heterocycles. The SMILES string of the molecule is CCC(C)(C)NS(=O)(=O)N1CC(C)CC(C)C1. The first-order chi connectivity index (χ1) is 7.66. The van der Waals surface area contributed by atoms with Gasteiger partial charge in [0.2, 0.25) is 0 Å². The van der Waals surface area contributed by atoms with Crippen molar-refractivity contribution in [1.29, 1.82) is 0 Å². The highest BCUT2D eigenvalue weighted by atomic mass is 32.2. The Labute approximate surface area is 106 Å². The predicted octanol–water partition coefficient (Wildman–Crippen LogP) is 1.99. The molecule has 1 fully saturated rings. The number of hydrogen-bond acceptors (Lipinski definition) is 2. The summed E-state index contributed by atoms with van der Waals surface area (Å²) in [5.41, 5.74) is -0.372. The molecule has 1 rings (SSSR count). The monoisotopic (exact) mass is 262 g/mol. The van der Waals surface area contributed by atoms with Gasteiger partial charge >= 0.3 is 0 Å². The van der Waals surface area contributed by atoms with E-state index in [-0.39, 0.29) is 5.54 Å². The van der Waals surface area contributed by atoms with Crippen molar-refractivity contribution in [2.75, 3.05) is 13.1 Å². The van der Waals surface area contributed by atoms with Crippen LogP contribution in [0.3, 0.4) is 0 Å². The van der Waals surface area contributed by atoms with E-state index in [9.17, 15) is 8.42 Å². The van der Waals surface area contributed by atoms with Crippen LogP contribution in [0.5, 0.6) is 0 Å². The summed E-state index contributed by atoms with van der Waals surface area (Å²) >= 11 is 0. The van der Waals surface area contributed by atoms with Crippen molar-refractivity contribution in [3.8, 4) is 0 Å². The molecule has 17 heavy (non-hydrogen) atoms.